The lowest BCUT2D eigenvalue weighted by Gasteiger charge is -2.38. The van der Waals surface area contributed by atoms with Gasteiger partial charge in [-0.2, -0.15) is 0 Å². The number of para-hydroxylation sites is 1. The maximum Gasteiger partial charge on any atom is 0.245 e. The molecule has 1 heterocycles. The molecule has 2 aromatic carbocycles. The summed E-state index contributed by atoms with van der Waals surface area (Å²) in [6.45, 7) is 2.46. The first-order chi connectivity index (χ1) is 15.4. The fraction of sp³-hybridized carbons (Fsp3) is 0.391. The van der Waals surface area contributed by atoms with Crippen LogP contribution in [0.1, 0.15) is 17.5 Å². The van der Waals surface area contributed by atoms with Crippen molar-refractivity contribution < 1.29 is 14.7 Å². The normalized spacial score (nSPS) is 14.9. The van der Waals surface area contributed by atoms with Gasteiger partial charge in [-0.05, 0) is 23.8 Å². The molecular weight excluding hydrogens is 451 g/mol. The van der Waals surface area contributed by atoms with Crippen LogP contribution in [0.4, 0.5) is 5.69 Å². The van der Waals surface area contributed by atoms with Gasteiger partial charge in [0.1, 0.15) is 6.04 Å². The number of benzene rings is 2. The van der Waals surface area contributed by atoms with Gasteiger partial charge in [0, 0.05) is 66.9 Å². The van der Waals surface area contributed by atoms with Crippen LogP contribution in [0.3, 0.4) is 0 Å². The Kier molecular flexibility index (Phi) is 8.75. The van der Waals surface area contributed by atoms with Gasteiger partial charge in [-0.1, -0.05) is 47.5 Å². The number of piperazine rings is 1. The van der Waals surface area contributed by atoms with Crippen molar-refractivity contribution in [2.24, 2.45) is 5.73 Å². The zero-order valence-electron chi connectivity index (χ0n) is 17.8. The molecule has 7 nitrogen and oxygen atoms in total. The van der Waals surface area contributed by atoms with E-state index in [1.807, 2.05) is 24.3 Å². The Balaban J connectivity index is 1.71. The van der Waals surface area contributed by atoms with Crippen LogP contribution in [0.2, 0.25) is 10.0 Å². The van der Waals surface area contributed by atoms with E-state index in [0.717, 1.165) is 16.8 Å². The molecule has 172 valence electrons. The first-order valence-electron chi connectivity index (χ1n) is 10.6. The van der Waals surface area contributed by atoms with Crippen molar-refractivity contribution in [3.63, 3.8) is 0 Å². The van der Waals surface area contributed by atoms with Crippen LogP contribution < -0.4 is 16.0 Å². The monoisotopic (exact) mass is 478 g/mol. The van der Waals surface area contributed by atoms with Crippen molar-refractivity contribution in [2.45, 2.75) is 25.5 Å². The number of anilines is 1. The van der Waals surface area contributed by atoms with E-state index in [0.29, 0.717) is 36.2 Å². The summed E-state index contributed by atoms with van der Waals surface area (Å²) in [5, 5.41) is 13.4. The number of hydrogen-bond donors (Lipinski definition) is 3. The van der Waals surface area contributed by atoms with Gasteiger partial charge in [-0.15, -0.1) is 0 Å². The lowest BCUT2D eigenvalue weighted by atomic mass is 10.0. The number of nitrogens with two attached hydrogens (primary N) is 1. The van der Waals surface area contributed by atoms with Crippen LogP contribution >= 0.6 is 23.2 Å². The van der Waals surface area contributed by atoms with Gasteiger partial charge < -0.3 is 26.0 Å². The summed E-state index contributed by atoms with van der Waals surface area (Å²) in [6, 6.07) is 12.1. The number of halogens is 2. The Morgan fingerprint density at radius 1 is 1.06 bits per heavy atom. The van der Waals surface area contributed by atoms with Crippen LogP contribution in [0.25, 0.3) is 0 Å². The van der Waals surface area contributed by atoms with E-state index in [4.69, 9.17) is 28.9 Å². The topological polar surface area (TPSA) is 98.9 Å². The molecule has 2 amide bonds. The number of carbonyl (C=O) groups is 2. The number of amides is 2. The maximum atomic E-state index is 13.3. The van der Waals surface area contributed by atoms with Gasteiger partial charge >= 0.3 is 0 Å². The molecule has 0 aliphatic carbocycles. The first-order valence-corrected chi connectivity index (χ1v) is 11.3. The molecule has 2 aromatic rings. The molecule has 3 rings (SSSR count). The second kappa shape index (κ2) is 11.5. The van der Waals surface area contributed by atoms with Crippen molar-refractivity contribution in [1.29, 1.82) is 0 Å². The number of rotatable bonds is 8. The molecule has 0 saturated carbocycles. The number of hydrogen-bond acceptors (Lipinski definition) is 5. The number of nitrogens with one attached hydrogen (secondary N) is 1. The number of aliphatic hydroxyl groups excluding tert-OH is 1. The lowest BCUT2D eigenvalue weighted by molar-refractivity contribution is -0.136. The van der Waals surface area contributed by atoms with Crippen LogP contribution in [0, 0.1) is 0 Å². The van der Waals surface area contributed by atoms with Crippen LogP contribution in [0.5, 0.6) is 0 Å². The highest BCUT2D eigenvalue weighted by molar-refractivity contribution is 6.35. The molecule has 1 atom stereocenters. The molecule has 1 aliphatic heterocycles. The Morgan fingerprint density at radius 3 is 2.44 bits per heavy atom. The molecule has 0 unspecified atom stereocenters. The SMILES string of the molecule is NCCC(=O)N[C@H](Cc1ccc(Cl)cc1Cl)C(=O)N1CCN(c2ccccc2CO)CC1. The van der Waals surface area contributed by atoms with Gasteiger partial charge in [0.25, 0.3) is 0 Å². The smallest absolute Gasteiger partial charge is 0.245 e. The molecule has 32 heavy (non-hydrogen) atoms. The van der Waals surface area contributed by atoms with Gasteiger partial charge in [0.05, 0.1) is 6.61 Å². The summed E-state index contributed by atoms with van der Waals surface area (Å²) >= 11 is 12.3. The van der Waals surface area contributed by atoms with E-state index in [2.05, 4.69) is 10.2 Å². The van der Waals surface area contributed by atoms with E-state index in [-0.39, 0.29) is 37.8 Å². The minimum absolute atomic E-state index is 0.0353. The maximum absolute atomic E-state index is 13.3. The van der Waals surface area contributed by atoms with Crippen molar-refractivity contribution in [1.82, 2.24) is 10.2 Å². The summed E-state index contributed by atoms with van der Waals surface area (Å²) < 4.78 is 0. The van der Waals surface area contributed by atoms with Crippen LogP contribution in [-0.2, 0) is 22.6 Å². The zero-order chi connectivity index (χ0) is 23.1. The van der Waals surface area contributed by atoms with E-state index >= 15 is 0 Å². The van der Waals surface area contributed by atoms with Gasteiger partial charge in [-0.3, -0.25) is 9.59 Å². The molecule has 0 bridgehead atoms. The largest absolute Gasteiger partial charge is 0.392 e. The number of carbonyl (C=O) groups excluding carboxylic acids is 2. The van der Waals surface area contributed by atoms with Crippen molar-refractivity contribution in [3.05, 3.63) is 63.6 Å². The van der Waals surface area contributed by atoms with Crippen molar-refractivity contribution in [2.75, 3.05) is 37.6 Å². The summed E-state index contributed by atoms with van der Waals surface area (Å²) in [5.74, 6) is -0.428. The summed E-state index contributed by atoms with van der Waals surface area (Å²) in [4.78, 5) is 29.5. The molecule has 0 radical (unpaired) electrons. The Hall–Kier alpha value is -2.32. The third-order valence-corrected chi connectivity index (χ3v) is 6.12. The minimum atomic E-state index is -0.746. The molecule has 9 heteroatoms. The van der Waals surface area contributed by atoms with E-state index in [1.54, 1.807) is 23.1 Å². The number of nitrogens with zero attached hydrogens (tertiary/aromatic N) is 2. The minimum Gasteiger partial charge on any atom is -0.392 e. The van der Waals surface area contributed by atoms with Crippen molar-refractivity contribution in [3.8, 4) is 0 Å². The average Bonchev–Trinajstić information content (AvgIpc) is 2.80. The highest BCUT2D eigenvalue weighted by atomic mass is 35.5. The number of aliphatic hydroxyl groups is 1. The molecule has 0 spiro atoms. The molecule has 1 fully saturated rings. The predicted molar refractivity (Wildman–Crippen MR) is 127 cm³/mol. The average molecular weight is 479 g/mol. The second-order valence-corrected chi connectivity index (χ2v) is 8.54. The summed E-state index contributed by atoms with van der Waals surface area (Å²) in [5.41, 5.74) is 8.06. The van der Waals surface area contributed by atoms with E-state index in [9.17, 15) is 14.7 Å². The molecule has 1 saturated heterocycles. The Labute approximate surface area is 198 Å². The van der Waals surface area contributed by atoms with E-state index < -0.39 is 6.04 Å². The Bertz CT molecular complexity index is 949. The van der Waals surface area contributed by atoms with Gasteiger partial charge in [0.2, 0.25) is 11.8 Å². The predicted octanol–water partition coefficient (Wildman–Crippen LogP) is 2.21. The fourth-order valence-electron chi connectivity index (χ4n) is 3.85. The quantitative estimate of drug-likeness (QED) is 0.540. The molecule has 4 N–H and O–H groups in total. The second-order valence-electron chi connectivity index (χ2n) is 7.70. The zero-order valence-corrected chi connectivity index (χ0v) is 19.3. The van der Waals surface area contributed by atoms with Gasteiger partial charge in [-0.25, -0.2) is 0 Å². The first kappa shape index (κ1) is 24.3. The van der Waals surface area contributed by atoms with Crippen LogP contribution in [-0.4, -0.2) is 60.6 Å². The Morgan fingerprint density at radius 2 is 1.78 bits per heavy atom. The van der Waals surface area contributed by atoms with E-state index in [1.165, 1.54) is 0 Å². The fourth-order valence-corrected chi connectivity index (χ4v) is 4.33. The summed E-state index contributed by atoms with van der Waals surface area (Å²) in [6.07, 6.45) is 0.405. The lowest BCUT2D eigenvalue weighted by Crippen LogP contribution is -2.55. The third kappa shape index (κ3) is 6.13. The van der Waals surface area contributed by atoms with Crippen molar-refractivity contribution >= 4 is 40.7 Å². The highest BCUT2D eigenvalue weighted by Gasteiger charge is 2.29. The molecule has 0 aromatic heterocycles. The standard InChI is InChI=1S/C23H28Cl2N4O3/c24-18-6-5-16(19(25)14-18)13-20(27-22(31)7-8-26)23(32)29-11-9-28(10-12-29)21-4-2-1-3-17(21)15-30/h1-6,14,20,30H,7-13,15,26H2,(H,27,31)/t20-/m1/s1. The van der Waals surface area contributed by atoms with Gasteiger partial charge in [0.15, 0.2) is 0 Å². The molecular formula is C23H28Cl2N4O3. The van der Waals surface area contributed by atoms with Crippen LogP contribution in [0.15, 0.2) is 42.5 Å². The third-order valence-electron chi connectivity index (χ3n) is 5.54. The summed E-state index contributed by atoms with van der Waals surface area (Å²) in [7, 11) is 0. The molecule has 1 aliphatic rings. The highest BCUT2D eigenvalue weighted by Crippen LogP contribution is 2.24.